The number of likely N-dealkylation sites (tertiary alicyclic amines) is 1. The molecule has 7 nitrogen and oxygen atoms in total. The van der Waals surface area contributed by atoms with Gasteiger partial charge in [-0.25, -0.2) is 10.4 Å². The minimum Gasteiger partial charge on any atom is -0.406 e. The Morgan fingerprint density at radius 2 is 1.81 bits per heavy atom. The van der Waals surface area contributed by atoms with Crippen molar-refractivity contribution < 1.29 is 27.5 Å². The zero-order chi connectivity index (χ0) is 22.9. The number of benzene rings is 2. The molecule has 0 saturated carbocycles. The van der Waals surface area contributed by atoms with Gasteiger partial charge in [-0.2, -0.15) is 0 Å². The van der Waals surface area contributed by atoms with Crippen LogP contribution in [0.2, 0.25) is 0 Å². The van der Waals surface area contributed by atoms with Gasteiger partial charge in [0, 0.05) is 18.8 Å². The number of amides is 2. The van der Waals surface area contributed by atoms with E-state index in [1.807, 2.05) is 37.3 Å². The summed E-state index contributed by atoms with van der Waals surface area (Å²) in [4.78, 5) is 28.3. The molecule has 2 aliphatic heterocycles. The normalized spacial score (nSPS) is 23.7. The molecule has 4 rings (SSSR count). The lowest BCUT2D eigenvalue weighted by molar-refractivity contribution is -0.274. The van der Waals surface area contributed by atoms with Crippen LogP contribution in [-0.2, 0) is 9.59 Å². The fraction of sp³-hybridized carbons (Fsp3) is 0.364. The SMILES string of the molecule is CCN1CC(C(=O)Nc2ccc(OC(F)(F)F)cc2)C2NN(c3ccccc3)C(=O)C2C1. The molecule has 0 aliphatic carbocycles. The predicted molar refractivity (Wildman–Crippen MR) is 112 cm³/mol. The summed E-state index contributed by atoms with van der Waals surface area (Å²) in [6.07, 6.45) is -4.78. The number of hydrogen-bond acceptors (Lipinski definition) is 5. The molecule has 2 saturated heterocycles. The minimum atomic E-state index is -4.78. The second kappa shape index (κ2) is 8.79. The Morgan fingerprint density at radius 1 is 1.12 bits per heavy atom. The largest absolute Gasteiger partial charge is 0.573 e. The molecule has 0 aromatic heterocycles. The van der Waals surface area contributed by atoms with E-state index in [4.69, 9.17) is 0 Å². The molecule has 2 fully saturated rings. The first-order valence-electron chi connectivity index (χ1n) is 10.3. The fourth-order valence-corrected chi connectivity index (χ4v) is 4.19. The van der Waals surface area contributed by atoms with Crippen LogP contribution in [0.3, 0.4) is 0 Å². The number of para-hydroxylation sites is 1. The topological polar surface area (TPSA) is 73.9 Å². The second-order valence-electron chi connectivity index (χ2n) is 7.79. The summed E-state index contributed by atoms with van der Waals surface area (Å²) < 4.78 is 40.9. The van der Waals surface area contributed by atoms with Gasteiger partial charge in [0.15, 0.2) is 0 Å². The number of carbonyl (C=O) groups excluding carboxylic acids is 2. The summed E-state index contributed by atoms with van der Waals surface area (Å²) >= 11 is 0. The molecular weight excluding hydrogens is 425 g/mol. The van der Waals surface area contributed by atoms with Crippen LogP contribution in [0.25, 0.3) is 0 Å². The second-order valence-corrected chi connectivity index (χ2v) is 7.79. The molecule has 2 N–H and O–H groups in total. The minimum absolute atomic E-state index is 0.0918. The predicted octanol–water partition coefficient (Wildman–Crippen LogP) is 3.01. The highest BCUT2D eigenvalue weighted by atomic mass is 19.4. The third-order valence-corrected chi connectivity index (χ3v) is 5.75. The molecule has 2 amide bonds. The van der Waals surface area contributed by atoms with Crippen molar-refractivity contribution in [3.05, 3.63) is 54.6 Å². The van der Waals surface area contributed by atoms with Crippen molar-refractivity contribution in [2.24, 2.45) is 11.8 Å². The van der Waals surface area contributed by atoms with E-state index in [2.05, 4.69) is 20.4 Å². The molecule has 3 atom stereocenters. The van der Waals surface area contributed by atoms with Crippen LogP contribution in [0.15, 0.2) is 54.6 Å². The third-order valence-electron chi connectivity index (χ3n) is 5.75. The molecular formula is C22H23F3N4O3. The number of rotatable bonds is 5. The van der Waals surface area contributed by atoms with E-state index in [1.54, 1.807) is 0 Å². The Morgan fingerprint density at radius 3 is 2.44 bits per heavy atom. The molecule has 32 heavy (non-hydrogen) atoms. The average molecular weight is 448 g/mol. The Kier molecular flexibility index (Phi) is 6.07. The van der Waals surface area contributed by atoms with Crippen LogP contribution in [-0.4, -0.2) is 48.8 Å². The lowest BCUT2D eigenvalue weighted by atomic mass is 9.84. The molecule has 2 aromatic rings. The maximum absolute atomic E-state index is 13.1. The maximum atomic E-state index is 13.1. The standard InChI is InChI=1S/C22H23F3N4O3/c1-2-28-12-17(20(30)26-14-8-10-16(11-9-14)32-22(23,24)25)19-18(13-28)21(31)29(27-19)15-6-4-3-5-7-15/h3-11,17-19,27H,2,12-13H2,1H3,(H,26,30). The molecule has 2 heterocycles. The van der Waals surface area contributed by atoms with E-state index in [0.29, 0.717) is 31.0 Å². The number of halogens is 3. The van der Waals surface area contributed by atoms with E-state index in [-0.39, 0.29) is 23.5 Å². The van der Waals surface area contributed by atoms with Crippen LogP contribution in [0.5, 0.6) is 5.75 Å². The van der Waals surface area contributed by atoms with Crippen molar-refractivity contribution in [2.75, 3.05) is 30.0 Å². The fourth-order valence-electron chi connectivity index (χ4n) is 4.19. The highest BCUT2D eigenvalue weighted by molar-refractivity contribution is 6.00. The Labute approximate surface area is 183 Å². The number of fused-ring (bicyclic) bond motifs is 1. The van der Waals surface area contributed by atoms with Crippen LogP contribution in [0.1, 0.15) is 6.92 Å². The van der Waals surface area contributed by atoms with Gasteiger partial charge >= 0.3 is 6.36 Å². The van der Waals surface area contributed by atoms with E-state index in [9.17, 15) is 22.8 Å². The molecule has 2 aromatic carbocycles. The van der Waals surface area contributed by atoms with Gasteiger partial charge in [-0.15, -0.1) is 13.2 Å². The summed E-state index contributed by atoms with van der Waals surface area (Å²) in [5.41, 5.74) is 4.26. The first kappa shape index (κ1) is 22.1. The van der Waals surface area contributed by atoms with Crippen molar-refractivity contribution in [3.63, 3.8) is 0 Å². The summed E-state index contributed by atoms with van der Waals surface area (Å²) in [6.45, 7) is 3.66. The molecule has 0 bridgehead atoms. The number of nitrogens with one attached hydrogen (secondary N) is 2. The van der Waals surface area contributed by atoms with Gasteiger partial charge in [-0.05, 0) is 42.9 Å². The monoisotopic (exact) mass is 448 g/mol. The summed E-state index contributed by atoms with van der Waals surface area (Å²) in [6, 6.07) is 13.7. The average Bonchev–Trinajstić information content (AvgIpc) is 3.10. The number of carbonyl (C=O) groups is 2. The highest BCUT2D eigenvalue weighted by Crippen LogP contribution is 2.32. The summed E-state index contributed by atoms with van der Waals surface area (Å²) in [5.74, 6) is -1.68. The quantitative estimate of drug-likeness (QED) is 0.736. The Hall–Kier alpha value is -3.11. The number of alkyl halides is 3. The smallest absolute Gasteiger partial charge is 0.406 e. The van der Waals surface area contributed by atoms with Gasteiger partial charge < -0.3 is 15.0 Å². The van der Waals surface area contributed by atoms with Gasteiger partial charge in [0.25, 0.3) is 0 Å². The van der Waals surface area contributed by atoms with Crippen LogP contribution < -0.4 is 20.5 Å². The maximum Gasteiger partial charge on any atom is 0.573 e. The number of ether oxygens (including phenoxy) is 1. The van der Waals surface area contributed by atoms with Crippen molar-refractivity contribution in [1.29, 1.82) is 0 Å². The lowest BCUT2D eigenvalue weighted by Gasteiger charge is -2.37. The number of hydrogen-bond donors (Lipinski definition) is 2. The molecule has 2 aliphatic rings. The molecule has 0 spiro atoms. The zero-order valence-electron chi connectivity index (χ0n) is 17.3. The first-order valence-corrected chi connectivity index (χ1v) is 10.3. The lowest BCUT2D eigenvalue weighted by Crippen LogP contribution is -2.55. The zero-order valence-corrected chi connectivity index (χ0v) is 17.3. The number of nitrogens with zero attached hydrogens (tertiary/aromatic N) is 2. The highest BCUT2D eigenvalue weighted by Gasteiger charge is 2.50. The van der Waals surface area contributed by atoms with Crippen molar-refractivity contribution >= 4 is 23.2 Å². The number of anilines is 2. The number of piperidine rings is 1. The van der Waals surface area contributed by atoms with E-state index in [0.717, 1.165) is 12.1 Å². The van der Waals surface area contributed by atoms with Crippen LogP contribution in [0.4, 0.5) is 24.5 Å². The molecule has 3 unspecified atom stereocenters. The number of hydrazine groups is 1. The van der Waals surface area contributed by atoms with Gasteiger partial charge in [0.05, 0.1) is 23.6 Å². The van der Waals surface area contributed by atoms with Gasteiger partial charge in [0.2, 0.25) is 11.8 Å². The molecule has 170 valence electrons. The van der Waals surface area contributed by atoms with Crippen molar-refractivity contribution in [3.8, 4) is 5.75 Å². The first-order chi connectivity index (χ1) is 15.2. The Bertz CT molecular complexity index is 969. The van der Waals surface area contributed by atoms with E-state index >= 15 is 0 Å². The molecule has 10 heteroatoms. The van der Waals surface area contributed by atoms with Gasteiger partial charge in [0.1, 0.15) is 5.75 Å². The van der Waals surface area contributed by atoms with E-state index < -0.39 is 18.3 Å². The van der Waals surface area contributed by atoms with Crippen molar-refractivity contribution in [2.45, 2.75) is 19.3 Å². The van der Waals surface area contributed by atoms with Crippen molar-refractivity contribution in [1.82, 2.24) is 10.3 Å². The Balaban J connectivity index is 1.50. The third kappa shape index (κ3) is 4.71. The molecule has 0 radical (unpaired) electrons. The summed E-state index contributed by atoms with van der Waals surface area (Å²) in [7, 11) is 0. The van der Waals surface area contributed by atoms with Crippen LogP contribution in [0, 0.1) is 11.8 Å². The van der Waals surface area contributed by atoms with Gasteiger partial charge in [-0.3, -0.25) is 9.59 Å². The summed E-state index contributed by atoms with van der Waals surface area (Å²) in [5, 5.41) is 4.25. The van der Waals surface area contributed by atoms with Crippen LogP contribution >= 0.6 is 0 Å². The van der Waals surface area contributed by atoms with Gasteiger partial charge in [-0.1, -0.05) is 25.1 Å². The van der Waals surface area contributed by atoms with E-state index in [1.165, 1.54) is 17.1 Å².